The Balaban J connectivity index is 1.27. The molecule has 0 spiro atoms. The standard InChI is InChI=1S/C52H58N2O8/c1-5-34-11-12-35-8-6-7-9-40(35)41(34)25-42-37(13-15-44(57)48(42)62-4)28-51(26-32-17-19-54-30-32)18-16-36-23-46(58)52(50(60)47(36)49(51)59,27-31-10-14-43(56)45(22-31)61-3)38-20-33(29-53-2)21-39(55)24-38/h6-15,17,19-22,24,30,36,46-47,49,53-59H,5,16,18,23,25-29H2,1-4H3. The first-order valence-corrected chi connectivity index (χ1v) is 21.7. The van der Waals surface area contributed by atoms with Crippen molar-refractivity contribution in [3.8, 4) is 28.7 Å². The second-order valence-corrected chi connectivity index (χ2v) is 17.6. The molecule has 0 aliphatic heterocycles. The van der Waals surface area contributed by atoms with Gasteiger partial charge in [0, 0.05) is 42.3 Å². The fourth-order valence-corrected chi connectivity index (χ4v) is 11.1. The molecule has 2 aliphatic rings. The number of aromatic amines is 1. The van der Waals surface area contributed by atoms with Crippen LogP contribution in [0.3, 0.4) is 0 Å². The third-order valence-corrected chi connectivity index (χ3v) is 14.1. The summed E-state index contributed by atoms with van der Waals surface area (Å²) in [7, 11) is 4.83. The molecule has 10 heteroatoms. The van der Waals surface area contributed by atoms with Gasteiger partial charge in [0.25, 0.3) is 0 Å². The number of aromatic nitrogens is 1. The quantitative estimate of drug-likeness (QED) is 0.0579. The summed E-state index contributed by atoms with van der Waals surface area (Å²) in [4.78, 5) is 19.1. The molecule has 2 saturated carbocycles. The molecule has 6 unspecified atom stereocenters. The molecular formula is C52H58N2O8. The van der Waals surface area contributed by atoms with Crippen LogP contribution in [0.5, 0.6) is 28.7 Å². The van der Waals surface area contributed by atoms with E-state index in [0.29, 0.717) is 55.5 Å². The molecule has 1 heterocycles. The number of ketones is 1. The molecule has 6 aromatic rings. The minimum Gasteiger partial charge on any atom is -0.508 e. The van der Waals surface area contributed by atoms with E-state index in [2.05, 4.69) is 41.5 Å². The fraction of sp³-hybridized carbons (Fsp3) is 0.365. The second kappa shape index (κ2) is 17.5. The van der Waals surface area contributed by atoms with E-state index >= 15 is 4.79 Å². The van der Waals surface area contributed by atoms with Crippen LogP contribution in [0.25, 0.3) is 10.8 Å². The maximum absolute atomic E-state index is 15.9. The van der Waals surface area contributed by atoms with Crippen molar-refractivity contribution in [1.82, 2.24) is 10.3 Å². The van der Waals surface area contributed by atoms with Crippen molar-refractivity contribution in [1.29, 1.82) is 0 Å². The Labute approximate surface area is 363 Å². The number of H-pyrrole nitrogens is 1. The van der Waals surface area contributed by atoms with E-state index in [-0.39, 0.29) is 47.5 Å². The Morgan fingerprint density at radius 3 is 2.34 bits per heavy atom. The summed E-state index contributed by atoms with van der Waals surface area (Å²) in [5.74, 6) is -0.890. The van der Waals surface area contributed by atoms with Gasteiger partial charge in [-0.15, -0.1) is 0 Å². The van der Waals surface area contributed by atoms with Gasteiger partial charge in [0.05, 0.1) is 31.8 Å². The van der Waals surface area contributed by atoms with Gasteiger partial charge in [-0.25, -0.2) is 0 Å². The van der Waals surface area contributed by atoms with Gasteiger partial charge in [-0.1, -0.05) is 61.5 Å². The molecule has 6 atom stereocenters. The zero-order chi connectivity index (χ0) is 43.8. The molecule has 10 nitrogen and oxygen atoms in total. The molecule has 0 radical (unpaired) electrons. The monoisotopic (exact) mass is 838 g/mol. The first-order chi connectivity index (χ1) is 29.9. The van der Waals surface area contributed by atoms with Crippen LogP contribution in [0.1, 0.15) is 70.7 Å². The lowest BCUT2D eigenvalue weighted by Crippen LogP contribution is -2.64. The van der Waals surface area contributed by atoms with Crippen LogP contribution in [-0.2, 0) is 48.9 Å². The number of ether oxygens (including phenoxy) is 2. The van der Waals surface area contributed by atoms with E-state index in [4.69, 9.17) is 9.47 Å². The van der Waals surface area contributed by atoms with Crippen molar-refractivity contribution in [2.24, 2.45) is 17.3 Å². The summed E-state index contributed by atoms with van der Waals surface area (Å²) >= 11 is 0. The zero-order valence-electron chi connectivity index (χ0n) is 35.9. The number of phenols is 3. The van der Waals surface area contributed by atoms with Crippen LogP contribution in [0.2, 0.25) is 0 Å². The Kier molecular flexibility index (Phi) is 12.1. The maximum Gasteiger partial charge on any atom is 0.164 e. The van der Waals surface area contributed by atoms with Gasteiger partial charge in [-0.05, 0) is 144 Å². The Bertz CT molecular complexity index is 2570. The van der Waals surface area contributed by atoms with Gasteiger partial charge >= 0.3 is 0 Å². The number of hydrogen-bond acceptors (Lipinski definition) is 9. The number of carbonyl (C=O) groups is 1. The zero-order valence-corrected chi connectivity index (χ0v) is 35.9. The number of methoxy groups -OCH3 is 2. The molecule has 2 fully saturated rings. The Morgan fingerprint density at radius 1 is 0.806 bits per heavy atom. The van der Waals surface area contributed by atoms with Gasteiger partial charge in [0.2, 0.25) is 0 Å². The summed E-state index contributed by atoms with van der Waals surface area (Å²) in [5, 5.41) is 64.0. The van der Waals surface area contributed by atoms with Crippen LogP contribution < -0.4 is 14.8 Å². The predicted molar refractivity (Wildman–Crippen MR) is 240 cm³/mol. The molecule has 324 valence electrons. The highest BCUT2D eigenvalue weighted by atomic mass is 16.5. The van der Waals surface area contributed by atoms with Crippen molar-refractivity contribution in [3.63, 3.8) is 0 Å². The van der Waals surface area contributed by atoms with E-state index in [1.165, 1.54) is 18.7 Å². The number of rotatable bonds is 14. The lowest BCUT2D eigenvalue weighted by atomic mass is 9.49. The van der Waals surface area contributed by atoms with E-state index < -0.39 is 29.0 Å². The minimum absolute atomic E-state index is 0.0318. The largest absolute Gasteiger partial charge is 0.508 e. The molecule has 0 amide bonds. The number of aromatic hydroxyl groups is 3. The minimum atomic E-state index is -1.57. The van der Waals surface area contributed by atoms with Crippen molar-refractivity contribution in [3.05, 3.63) is 148 Å². The van der Waals surface area contributed by atoms with Gasteiger partial charge < -0.3 is 45.3 Å². The topological polar surface area (TPSA) is 164 Å². The summed E-state index contributed by atoms with van der Waals surface area (Å²) in [6.45, 7) is 2.56. The molecular weight excluding hydrogens is 781 g/mol. The predicted octanol–water partition coefficient (Wildman–Crippen LogP) is 7.85. The lowest BCUT2D eigenvalue weighted by Gasteiger charge is -2.55. The molecule has 7 N–H and O–H groups in total. The fourth-order valence-electron chi connectivity index (χ4n) is 11.1. The van der Waals surface area contributed by atoms with Crippen molar-refractivity contribution < 1.29 is 39.8 Å². The SMILES string of the molecule is CCc1ccc2ccccc2c1Cc1c(CC2(Cc3cc[nH]c3)CCC3CC(O)C(Cc4ccc(O)c(OC)c4)(c4cc(O)cc(CNC)c4)C(=O)C3C2O)ccc(O)c1OC. The third-order valence-electron chi connectivity index (χ3n) is 14.1. The van der Waals surface area contributed by atoms with Gasteiger partial charge in [-0.3, -0.25) is 4.79 Å². The molecule has 2 aliphatic carbocycles. The highest BCUT2D eigenvalue weighted by molar-refractivity contribution is 5.95. The van der Waals surface area contributed by atoms with E-state index in [0.717, 1.165) is 45.0 Å². The van der Waals surface area contributed by atoms with Gasteiger partial charge in [0.15, 0.2) is 28.8 Å². The number of aliphatic hydroxyl groups is 2. The smallest absolute Gasteiger partial charge is 0.164 e. The van der Waals surface area contributed by atoms with Crippen LogP contribution in [-0.4, -0.2) is 69.8 Å². The lowest BCUT2D eigenvalue weighted by molar-refractivity contribution is -0.163. The van der Waals surface area contributed by atoms with Crippen molar-refractivity contribution >= 4 is 16.6 Å². The van der Waals surface area contributed by atoms with E-state index in [9.17, 15) is 25.5 Å². The third kappa shape index (κ3) is 7.69. The highest BCUT2D eigenvalue weighted by Crippen LogP contribution is 2.56. The molecule has 8 rings (SSSR count). The van der Waals surface area contributed by atoms with Crippen LogP contribution >= 0.6 is 0 Å². The Morgan fingerprint density at radius 2 is 1.60 bits per heavy atom. The summed E-state index contributed by atoms with van der Waals surface area (Å²) < 4.78 is 11.5. The number of carbonyl (C=O) groups excluding carboxylic acids is 1. The first-order valence-electron chi connectivity index (χ1n) is 21.7. The summed E-state index contributed by atoms with van der Waals surface area (Å²) in [6.07, 6.45) is 5.15. The number of fused-ring (bicyclic) bond motifs is 2. The molecule has 1 aromatic heterocycles. The van der Waals surface area contributed by atoms with Gasteiger partial charge in [0.1, 0.15) is 5.75 Å². The molecule has 5 aromatic carbocycles. The van der Waals surface area contributed by atoms with E-state index in [1.807, 2.05) is 42.7 Å². The number of benzene rings is 5. The second-order valence-electron chi connectivity index (χ2n) is 17.6. The molecule has 62 heavy (non-hydrogen) atoms. The molecule has 0 bridgehead atoms. The maximum atomic E-state index is 15.9. The number of nitrogens with one attached hydrogen (secondary N) is 2. The van der Waals surface area contributed by atoms with Gasteiger partial charge in [-0.2, -0.15) is 0 Å². The average Bonchev–Trinajstić information content (AvgIpc) is 3.78. The number of phenolic OH excluding ortho intramolecular Hbond substituents is 3. The van der Waals surface area contributed by atoms with Crippen molar-refractivity contribution in [2.45, 2.75) is 82.5 Å². The number of Topliss-reactive ketones (excluding diaryl/α,β-unsaturated/α-hetero) is 1. The molecule has 0 saturated heterocycles. The van der Waals surface area contributed by atoms with E-state index in [1.54, 1.807) is 44.5 Å². The normalized spacial score (nSPS) is 23.6. The van der Waals surface area contributed by atoms with Crippen LogP contribution in [0.4, 0.5) is 0 Å². The Hall–Kier alpha value is -5.81. The number of aliphatic hydroxyl groups excluding tert-OH is 2. The number of aryl methyl sites for hydroxylation is 1. The number of hydrogen-bond donors (Lipinski definition) is 7. The average molecular weight is 839 g/mol. The highest BCUT2D eigenvalue weighted by Gasteiger charge is 2.61. The van der Waals surface area contributed by atoms with Crippen molar-refractivity contribution in [2.75, 3.05) is 21.3 Å². The summed E-state index contributed by atoms with van der Waals surface area (Å²) in [5.41, 5.74) is 4.51. The first kappa shape index (κ1) is 42.9. The van der Waals surface area contributed by atoms with Crippen LogP contribution in [0.15, 0.2) is 103 Å². The summed E-state index contributed by atoms with van der Waals surface area (Å²) in [6, 6.07) is 28.2. The van der Waals surface area contributed by atoms with Crippen LogP contribution in [0, 0.1) is 17.3 Å².